The van der Waals surface area contributed by atoms with E-state index in [1.54, 1.807) is 0 Å². The molecule has 98 valence electrons. The predicted octanol–water partition coefficient (Wildman–Crippen LogP) is 0.442. The fourth-order valence-corrected chi connectivity index (χ4v) is 2.82. The van der Waals surface area contributed by atoms with Gasteiger partial charge in [0.1, 0.15) is 0 Å². The van der Waals surface area contributed by atoms with Crippen LogP contribution >= 0.6 is 0 Å². The summed E-state index contributed by atoms with van der Waals surface area (Å²) in [4.78, 5) is 14.1. The molecule has 1 amide bonds. The highest BCUT2D eigenvalue weighted by Crippen LogP contribution is 2.26. The van der Waals surface area contributed by atoms with Gasteiger partial charge in [-0.1, -0.05) is 13.8 Å². The van der Waals surface area contributed by atoms with Gasteiger partial charge in [0.25, 0.3) is 0 Å². The van der Waals surface area contributed by atoms with E-state index in [0.29, 0.717) is 18.5 Å². The molecule has 2 saturated heterocycles. The maximum absolute atomic E-state index is 11.6. The number of carbonyl (C=O) groups is 1. The maximum atomic E-state index is 11.6. The Morgan fingerprint density at radius 1 is 1.35 bits per heavy atom. The third kappa shape index (κ3) is 3.68. The second-order valence-corrected chi connectivity index (χ2v) is 5.82. The van der Waals surface area contributed by atoms with E-state index in [4.69, 9.17) is 0 Å². The fourth-order valence-electron chi connectivity index (χ4n) is 2.82. The standard InChI is InChI=1S/C13H25N3O/c1-10(2)7-15-13(17)8-14-12-4-6-16-5-3-11(12)9-16/h10-12,14H,3-9H2,1-2H3,(H,15,17). The quantitative estimate of drug-likeness (QED) is 0.732. The van der Waals surface area contributed by atoms with Crippen LogP contribution < -0.4 is 10.6 Å². The molecule has 0 saturated carbocycles. The van der Waals surface area contributed by atoms with Crippen molar-refractivity contribution in [3.05, 3.63) is 0 Å². The molecule has 0 aromatic carbocycles. The Bertz CT molecular complexity index is 267. The molecule has 2 bridgehead atoms. The van der Waals surface area contributed by atoms with Crippen LogP contribution in [0.25, 0.3) is 0 Å². The Morgan fingerprint density at radius 2 is 2.12 bits per heavy atom. The number of piperidine rings is 1. The van der Waals surface area contributed by atoms with Gasteiger partial charge in [0.15, 0.2) is 0 Å². The Balaban J connectivity index is 1.65. The van der Waals surface area contributed by atoms with Crippen LogP contribution in [0, 0.1) is 11.8 Å². The zero-order valence-corrected chi connectivity index (χ0v) is 11.0. The molecular weight excluding hydrogens is 214 g/mol. The van der Waals surface area contributed by atoms with Gasteiger partial charge in [0, 0.05) is 19.1 Å². The first-order valence-corrected chi connectivity index (χ1v) is 6.87. The number of nitrogens with one attached hydrogen (secondary N) is 2. The van der Waals surface area contributed by atoms with Crippen LogP contribution in [0.2, 0.25) is 0 Å². The first kappa shape index (κ1) is 12.8. The zero-order chi connectivity index (χ0) is 12.3. The van der Waals surface area contributed by atoms with Crippen LogP contribution in [-0.4, -0.2) is 49.6 Å². The summed E-state index contributed by atoms with van der Waals surface area (Å²) in [6, 6.07) is 0.554. The summed E-state index contributed by atoms with van der Waals surface area (Å²) in [6.45, 7) is 9.16. The molecule has 2 heterocycles. The van der Waals surface area contributed by atoms with Crippen molar-refractivity contribution in [2.24, 2.45) is 11.8 Å². The molecule has 2 aliphatic heterocycles. The SMILES string of the molecule is CC(C)CNC(=O)CNC1CCN2CCC1C2. The molecule has 2 rings (SSSR count). The Morgan fingerprint density at radius 3 is 2.88 bits per heavy atom. The van der Waals surface area contributed by atoms with Gasteiger partial charge in [-0.3, -0.25) is 4.79 Å². The molecular formula is C13H25N3O. The van der Waals surface area contributed by atoms with Crippen molar-refractivity contribution in [1.82, 2.24) is 15.5 Å². The minimum atomic E-state index is 0.138. The summed E-state index contributed by atoms with van der Waals surface area (Å²) in [5, 5.41) is 6.39. The Labute approximate surface area is 104 Å². The average Bonchev–Trinajstić information content (AvgIpc) is 2.68. The summed E-state index contributed by atoms with van der Waals surface area (Å²) < 4.78 is 0. The maximum Gasteiger partial charge on any atom is 0.233 e. The molecule has 3 unspecified atom stereocenters. The summed E-state index contributed by atoms with van der Waals surface area (Å²) in [5.41, 5.74) is 0. The highest BCUT2D eigenvalue weighted by molar-refractivity contribution is 5.78. The molecule has 0 spiro atoms. The van der Waals surface area contributed by atoms with Crippen molar-refractivity contribution in [3.63, 3.8) is 0 Å². The van der Waals surface area contributed by atoms with Crippen molar-refractivity contribution < 1.29 is 4.79 Å². The first-order chi connectivity index (χ1) is 8.15. The fraction of sp³-hybridized carbons (Fsp3) is 0.923. The van der Waals surface area contributed by atoms with Gasteiger partial charge in [-0.15, -0.1) is 0 Å². The van der Waals surface area contributed by atoms with Crippen LogP contribution in [0.3, 0.4) is 0 Å². The van der Waals surface area contributed by atoms with Crippen LogP contribution in [-0.2, 0) is 4.79 Å². The number of rotatable bonds is 5. The van der Waals surface area contributed by atoms with Gasteiger partial charge in [-0.25, -0.2) is 0 Å². The van der Waals surface area contributed by atoms with Crippen molar-refractivity contribution >= 4 is 5.91 Å². The molecule has 2 N–H and O–H groups in total. The van der Waals surface area contributed by atoms with E-state index in [9.17, 15) is 4.79 Å². The van der Waals surface area contributed by atoms with Crippen molar-refractivity contribution in [2.45, 2.75) is 32.7 Å². The minimum Gasteiger partial charge on any atom is -0.355 e. The van der Waals surface area contributed by atoms with Gasteiger partial charge in [-0.2, -0.15) is 0 Å². The molecule has 2 aliphatic rings. The largest absolute Gasteiger partial charge is 0.355 e. The van der Waals surface area contributed by atoms with Crippen molar-refractivity contribution in [2.75, 3.05) is 32.7 Å². The number of fused-ring (bicyclic) bond motifs is 2. The summed E-state index contributed by atoms with van der Waals surface area (Å²) in [5.74, 6) is 1.43. The van der Waals surface area contributed by atoms with Crippen LogP contribution in [0.4, 0.5) is 0 Å². The third-order valence-electron chi connectivity index (χ3n) is 3.87. The number of amides is 1. The van der Waals surface area contributed by atoms with Crippen LogP contribution in [0.1, 0.15) is 26.7 Å². The van der Waals surface area contributed by atoms with Crippen LogP contribution in [0.5, 0.6) is 0 Å². The van der Waals surface area contributed by atoms with E-state index in [-0.39, 0.29) is 5.91 Å². The van der Waals surface area contributed by atoms with Gasteiger partial charge in [0.05, 0.1) is 6.54 Å². The normalized spacial score (nSPS) is 31.8. The van der Waals surface area contributed by atoms with E-state index >= 15 is 0 Å². The third-order valence-corrected chi connectivity index (χ3v) is 3.87. The van der Waals surface area contributed by atoms with E-state index in [2.05, 4.69) is 29.4 Å². The Kier molecular flexibility index (Phi) is 4.40. The van der Waals surface area contributed by atoms with Crippen LogP contribution in [0.15, 0.2) is 0 Å². The molecule has 4 nitrogen and oxygen atoms in total. The molecule has 3 atom stereocenters. The lowest BCUT2D eigenvalue weighted by Crippen LogP contribution is -2.47. The first-order valence-electron chi connectivity index (χ1n) is 6.87. The lowest BCUT2D eigenvalue weighted by Gasteiger charge is -2.30. The van der Waals surface area contributed by atoms with Gasteiger partial charge in [-0.05, 0) is 37.8 Å². The highest BCUT2D eigenvalue weighted by Gasteiger charge is 2.33. The second kappa shape index (κ2) is 5.83. The highest BCUT2D eigenvalue weighted by atomic mass is 16.1. The molecule has 2 fully saturated rings. The molecule has 0 aliphatic carbocycles. The zero-order valence-electron chi connectivity index (χ0n) is 11.0. The van der Waals surface area contributed by atoms with E-state index in [1.165, 1.54) is 32.5 Å². The number of nitrogens with zero attached hydrogens (tertiary/aromatic N) is 1. The topological polar surface area (TPSA) is 44.4 Å². The summed E-state index contributed by atoms with van der Waals surface area (Å²) >= 11 is 0. The summed E-state index contributed by atoms with van der Waals surface area (Å²) in [6.07, 6.45) is 2.49. The van der Waals surface area contributed by atoms with E-state index in [0.717, 1.165) is 12.5 Å². The monoisotopic (exact) mass is 239 g/mol. The molecule has 0 aromatic rings. The molecule has 4 heteroatoms. The van der Waals surface area contributed by atoms with E-state index in [1.807, 2.05) is 0 Å². The second-order valence-electron chi connectivity index (χ2n) is 5.82. The number of hydrogen-bond acceptors (Lipinski definition) is 3. The molecule has 17 heavy (non-hydrogen) atoms. The van der Waals surface area contributed by atoms with E-state index < -0.39 is 0 Å². The minimum absolute atomic E-state index is 0.138. The molecule has 0 aromatic heterocycles. The van der Waals surface area contributed by atoms with Crippen molar-refractivity contribution in [3.8, 4) is 0 Å². The average molecular weight is 239 g/mol. The number of hydrogen-bond donors (Lipinski definition) is 2. The Hall–Kier alpha value is -0.610. The smallest absolute Gasteiger partial charge is 0.233 e. The van der Waals surface area contributed by atoms with Crippen molar-refractivity contribution in [1.29, 1.82) is 0 Å². The van der Waals surface area contributed by atoms with Gasteiger partial charge < -0.3 is 15.5 Å². The number of carbonyl (C=O) groups excluding carboxylic acids is 1. The molecule has 0 radical (unpaired) electrons. The van der Waals surface area contributed by atoms with Gasteiger partial charge in [0.2, 0.25) is 5.91 Å². The lowest BCUT2D eigenvalue weighted by atomic mass is 9.94. The van der Waals surface area contributed by atoms with Gasteiger partial charge >= 0.3 is 0 Å². The summed E-state index contributed by atoms with van der Waals surface area (Å²) in [7, 11) is 0. The lowest BCUT2D eigenvalue weighted by molar-refractivity contribution is -0.120. The predicted molar refractivity (Wildman–Crippen MR) is 68.8 cm³/mol.